The van der Waals surface area contributed by atoms with Gasteiger partial charge >= 0.3 is 12.1 Å². The minimum atomic E-state index is -1.09. The molecule has 0 N–H and O–H groups in total. The van der Waals surface area contributed by atoms with Crippen LogP contribution in [0.3, 0.4) is 0 Å². The van der Waals surface area contributed by atoms with E-state index < -0.39 is 12.1 Å². The van der Waals surface area contributed by atoms with Crippen molar-refractivity contribution in [2.45, 2.75) is 0 Å². The smallest absolute Gasteiger partial charge is 0.435 e. The SMILES string of the molecule is C=CC(=O)OOC(=O)OC. The topological polar surface area (TPSA) is 61.8 Å². The van der Waals surface area contributed by atoms with Crippen LogP contribution in [0.15, 0.2) is 12.7 Å². The van der Waals surface area contributed by atoms with Gasteiger partial charge in [-0.1, -0.05) is 6.58 Å². The Kier molecular flexibility index (Phi) is 3.70. The van der Waals surface area contributed by atoms with Gasteiger partial charge in [-0.3, -0.25) is 0 Å². The fraction of sp³-hybridized carbons (Fsp3) is 0.200. The lowest BCUT2D eigenvalue weighted by Crippen LogP contribution is -2.08. The molecule has 0 aromatic carbocycles. The van der Waals surface area contributed by atoms with Crippen molar-refractivity contribution in [1.29, 1.82) is 0 Å². The molecule has 0 rings (SSSR count). The number of carbonyl (C=O) groups is 2. The number of rotatable bonds is 1. The predicted molar refractivity (Wildman–Crippen MR) is 29.8 cm³/mol. The van der Waals surface area contributed by atoms with E-state index in [0.717, 1.165) is 13.2 Å². The molecule has 0 aliphatic carbocycles. The van der Waals surface area contributed by atoms with Crippen molar-refractivity contribution >= 4 is 12.1 Å². The molecule has 0 aromatic heterocycles. The molecule has 10 heavy (non-hydrogen) atoms. The van der Waals surface area contributed by atoms with Gasteiger partial charge in [0.25, 0.3) is 0 Å². The molecule has 0 bridgehead atoms. The summed E-state index contributed by atoms with van der Waals surface area (Å²) in [5, 5.41) is 0. The van der Waals surface area contributed by atoms with Gasteiger partial charge in [-0.25, -0.2) is 14.6 Å². The first-order chi connectivity index (χ1) is 4.70. The average Bonchev–Trinajstić information content (AvgIpc) is 1.99. The lowest BCUT2D eigenvalue weighted by molar-refractivity contribution is -0.236. The molecule has 5 heteroatoms. The summed E-state index contributed by atoms with van der Waals surface area (Å²) >= 11 is 0. The number of ether oxygens (including phenoxy) is 1. The zero-order valence-corrected chi connectivity index (χ0v) is 5.33. The van der Waals surface area contributed by atoms with Crippen molar-refractivity contribution in [3.63, 3.8) is 0 Å². The van der Waals surface area contributed by atoms with Crippen LogP contribution in [0.25, 0.3) is 0 Å². The highest BCUT2D eigenvalue weighted by Crippen LogP contribution is 1.85. The molecular weight excluding hydrogens is 140 g/mol. The van der Waals surface area contributed by atoms with Crippen LogP contribution in [0.2, 0.25) is 0 Å². The van der Waals surface area contributed by atoms with E-state index in [1.807, 2.05) is 0 Å². The van der Waals surface area contributed by atoms with Gasteiger partial charge in [0.15, 0.2) is 0 Å². The first-order valence-corrected chi connectivity index (χ1v) is 2.29. The molecule has 5 nitrogen and oxygen atoms in total. The third-order valence-electron chi connectivity index (χ3n) is 0.525. The van der Waals surface area contributed by atoms with Crippen LogP contribution >= 0.6 is 0 Å². The Hall–Kier alpha value is -1.52. The van der Waals surface area contributed by atoms with Crippen LogP contribution in [0.5, 0.6) is 0 Å². The molecular formula is C5H6O5. The first kappa shape index (κ1) is 8.48. The fourth-order valence-electron chi connectivity index (χ4n) is 0.143. The maximum absolute atomic E-state index is 10.2. The maximum Gasteiger partial charge on any atom is 0.549 e. The second-order valence-electron chi connectivity index (χ2n) is 1.14. The fourth-order valence-corrected chi connectivity index (χ4v) is 0.143. The van der Waals surface area contributed by atoms with Crippen LogP contribution in [-0.4, -0.2) is 19.2 Å². The number of hydrogen-bond donors (Lipinski definition) is 0. The highest BCUT2D eigenvalue weighted by atomic mass is 17.2. The zero-order chi connectivity index (χ0) is 7.98. The van der Waals surface area contributed by atoms with Crippen LogP contribution < -0.4 is 0 Å². The minimum absolute atomic E-state index is 0.850. The number of carbonyl (C=O) groups excluding carboxylic acids is 2. The van der Waals surface area contributed by atoms with Crippen molar-refractivity contribution in [3.05, 3.63) is 12.7 Å². The predicted octanol–water partition coefficient (Wildman–Crippen LogP) is 0.414. The summed E-state index contributed by atoms with van der Waals surface area (Å²) in [6, 6.07) is 0. The van der Waals surface area contributed by atoms with Crippen molar-refractivity contribution in [3.8, 4) is 0 Å². The van der Waals surface area contributed by atoms with Crippen LogP contribution in [-0.2, 0) is 19.3 Å². The first-order valence-electron chi connectivity index (χ1n) is 2.29. The molecule has 0 spiro atoms. The number of hydrogen-bond acceptors (Lipinski definition) is 5. The Balaban J connectivity index is 3.44. The van der Waals surface area contributed by atoms with E-state index in [1.165, 1.54) is 0 Å². The molecule has 0 saturated carbocycles. The summed E-state index contributed by atoms with van der Waals surface area (Å²) in [7, 11) is 1.09. The van der Waals surface area contributed by atoms with E-state index in [0.29, 0.717) is 0 Å². The largest absolute Gasteiger partial charge is 0.549 e. The van der Waals surface area contributed by atoms with Gasteiger partial charge in [-0.05, 0) is 0 Å². The van der Waals surface area contributed by atoms with Gasteiger partial charge in [0.2, 0.25) is 0 Å². The second-order valence-corrected chi connectivity index (χ2v) is 1.14. The third kappa shape index (κ3) is 3.48. The molecule has 0 aliphatic rings. The Bertz CT molecular complexity index is 150. The number of methoxy groups -OCH3 is 1. The molecule has 0 amide bonds. The van der Waals surface area contributed by atoms with E-state index in [9.17, 15) is 9.59 Å². The summed E-state index contributed by atoms with van der Waals surface area (Å²) in [5.41, 5.74) is 0. The van der Waals surface area contributed by atoms with Gasteiger partial charge < -0.3 is 4.74 Å². The van der Waals surface area contributed by atoms with E-state index in [1.54, 1.807) is 0 Å². The molecule has 0 saturated heterocycles. The second kappa shape index (κ2) is 4.37. The molecule has 0 fully saturated rings. The Morgan fingerprint density at radius 1 is 1.40 bits per heavy atom. The highest BCUT2D eigenvalue weighted by molar-refractivity contribution is 5.81. The van der Waals surface area contributed by atoms with Gasteiger partial charge in [0, 0.05) is 6.08 Å². The quantitative estimate of drug-likeness (QED) is 0.232. The standard InChI is InChI=1S/C5H6O5/c1-3-4(6)9-10-5(7)8-2/h3H,1H2,2H3. The lowest BCUT2D eigenvalue weighted by Gasteiger charge is -1.96. The lowest BCUT2D eigenvalue weighted by atomic mass is 10.7. The summed E-state index contributed by atoms with van der Waals surface area (Å²) in [6.45, 7) is 3.06. The molecule has 0 aliphatic heterocycles. The van der Waals surface area contributed by atoms with E-state index in [4.69, 9.17) is 0 Å². The van der Waals surface area contributed by atoms with Gasteiger partial charge in [-0.2, -0.15) is 4.79 Å². The van der Waals surface area contributed by atoms with Crippen molar-refractivity contribution < 1.29 is 24.1 Å². The van der Waals surface area contributed by atoms with Crippen LogP contribution in [0.4, 0.5) is 4.79 Å². The van der Waals surface area contributed by atoms with Crippen LogP contribution in [0.1, 0.15) is 0 Å². The normalized spacial score (nSPS) is 7.70. The van der Waals surface area contributed by atoms with Crippen molar-refractivity contribution in [2.75, 3.05) is 7.11 Å². The van der Waals surface area contributed by atoms with E-state index >= 15 is 0 Å². The van der Waals surface area contributed by atoms with Crippen molar-refractivity contribution in [2.24, 2.45) is 0 Å². The Morgan fingerprint density at radius 3 is 2.40 bits per heavy atom. The Labute approximate surface area is 57.1 Å². The molecule has 0 heterocycles. The molecule has 0 aromatic rings. The summed E-state index contributed by atoms with van der Waals surface area (Å²) in [4.78, 5) is 27.8. The molecule has 0 radical (unpaired) electrons. The maximum atomic E-state index is 10.2. The van der Waals surface area contributed by atoms with E-state index in [2.05, 4.69) is 21.1 Å². The average molecular weight is 146 g/mol. The summed E-state index contributed by atoms with van der Waals surface area (Å²) in [6.07, 6.45) is -0.238. The molecule has 0 atom stereocenters. The summed E-state index contributed by atoms with van der Waals surface area (Å²) < 4.78 is 3.97. The van der Waals surface area contributed by atoms with E-state index in [-0.39, 0.29) is 0 Å². The molecule has 56 valence electrons. The van der Waals surface area contributed by atoms with Gasteiger partial charge in [0.05, 0.1) is 7.11 Å². The Morgan fingerprint density at radius 2 is 2.00 bits per heavy atom. The van der Waals surface area contributed by atoms with Gasteiger partial charge in [0.1, 0.15) is 0 Å². The zero-order valence-electron chi connectivity index (χ0n) is 5.33. The van der Waals surface area contributed by atoms with Crippen molar-refractivity contribution in [1.82, 2.24) is 0 Å². The summed E-state index contributed by atoms with van der Waals surface area (Å²) in [5.74, 6) is -0.856. The minimum Gasteiger partial charge on any atom is -0.435 e. The van der Waals surface area contributed by atoms with Gasteiger partial charge in [-0.15, -0.1) is 0 Å². The monoisotopic (exact) mass is 146 g/mol. The molecule has 0 unspecified atom stereocenters. The highest BCUT2D eigenvalue weighted by Gasteiger charge is 2.04. The third-order valence-corrected chi connectivity index (χ3v) is 0.525. The van der Waals surface area contributed by atoms with Crippen LogP contribution in [0, 0.1) is 0 Å².